The topological polar surface area (TPSA) is 146 Å². The van der Waals surface area contributed by atoms with Gasteiger partial charge in [0.25, 0.3) is 0 Å². The standard InChI is InChI=1S/C27H32FN7O4/c1-27(2,15-36)31-8-5-9-39-23-14-21-20(13-22(23)38-3)26(30-16-29-21)33-24-11-19(34-35-24)12-25(37)32-18-7-4-6-17(28)10-18/h4,6-7,10-11,13-14,16,31,36H,5,8-9,12,15H2,1-3H3,(H,32,37)(H2,29,30,33,34,35). The van der Waals surface area contributed by atoms with Crippen LogP contribution in [0, 0.1) is 5.82 Å². The van der Waals surface area contributed by atoms with Gasteiger partial charge < -0.3 is 30.5 Å². The highest BCUT2D eigenvalue weighted by molar-refractivity contribution is 5.93. The van der Waals surface area contributed by atoms with Crippen LogP contribution in [-0.2, 0) is 11.2 Å². The summed E-state index contributed by atoms with van der Waals surface area (Å²) in [6.07, 6.45) is 2.20. The lowest BCUT2D eigenvalue weighted by Crippen LogP contribution is -2.43. The van der Waals surface area contributed by atoms with E-state index in [1.807, 2.05) is 13.8 Å². The fourth-order valence-electron chi connectivity index (χ4n) is 3.75. The van der Waals surface area contributed by atoms with Crippen LogP contribution in [0.5, 0.6) is 11.5 Å². The Morgan fingerprint density at radius 3 is 2.77 bits per heavy atom. The van der Waals surface area contributed by atoms with E-state index in [-0.39, 0.29) is 24.5 Å². The zero-order valence-electron chi connectivity index (χ0n) is 22.0. The summed E-state index contributed by atoms with van der Waals surface area (Å²) in [6, 6.07) is 11.0. The van der Waals surface area contributed by atoms with Gasteiger partial charge in [-0.15, -0.1) is 0 Å². The molecule has 0 aliphatic carbocycles. The molecular formula is C27H32FN7O4. The Morgan fingerprint density at radius 2 is 2.00 bits per heavy atom. The van der Waals surface area contributed by atoms with E-state index in [9.17, 15) is 14.3 Å². The molecule has 4 rings (SSSR count). The van der Waals surface area contributed by atoms with Gasteiger partial charge in [-0.3, -0.25) is 9.89 Å². The quantitative estimate of drug-likeness (QED) is 0.162. The second kappa shape index (κ2) is 12.5. The van der Waals surface area contributed by atoms with Crippen LogP contribution in [-0.4, -0.2) is 63.6 Å². The number of methoxy groups -OCH3 is 1. The number of H-pyrrole nitrogens is 1. The Kier molecular flexibility index (Phi) is 8.89. The highest BCUT2D eigenvalue weighted by Crippen LogP contribution is 2.34. The lowest BCUT2D eigenvalue weighted by Gasteiger charge is -2.23. The van der Waals surface area contributed by atoms with Crippen molar-refractivity contribution in [2.24, 2.45) is 0 Å². The fraction of sp³-hybridized carbons (Fsp3) is 0.333. The summed E-state index contributed by atoms with van der Waals surface area (Å²) >= 11 is 0. The fourth-order valence-corrected chi connectivity index (χ4v) is 3.75. The third-order valence-electron chi connectivity index (χ3n) is 5.84. The summed E-state index contributed by atoms with van der Waals surface area (Å²) in [4.78, 5) is 21.1. The highest BCUT2D eigenvalue weighted by Gasteiger charge is 2.16. The molecule has 0 radical (unpaired) electrons. The molecule has 0 aliphatic heterocycles. The summed E-state index contributed by atoms with van der Waals surface area (Å²) in [5.74, 6) is 1.31. The number of aliphatic hydroxyl groups excluding tert-OH is 1. The van der Waals surface area contributed by atoms with Gasteiger partial charge in [0, 0.05) is 34.4 Å². The van der Waals surface area contributed by atoms with Crippen LogP contribution < -0.4 is 25.4 Å². The zero-order valence-corrected chi connectivity index (χ0v) is 22.0. The predicted octanol–water partition coefficient (Wildman–Crippen LogP) is 3.55. The lowest BCUT2D eigenvalue weighted by atomic mass is 10.1. The number of aliphatic hydroxyl groups is 1. The number of halogens is 1. The van der Waals surface area contributed by atoms with Crippen molar-refractivity contribution in [2.75, 3.05) is 37.5 Å². The number of aromatic amines is 1. The molecule has 2 aromatic heterocycles. The maximum absolute atomic E-state index is 13.4. The Bertz CT molecular complexity index is 1430. The number of amides is 1. The normalized spacial score (nSPS) is 11.4. The van der Waals surface area contributed by atoms with Crippen LogP contribution in [0.1, 0.15) is 26.0 Å². The first-order valence-corrected chi connectivity index (χ1v) is 12.4. The van der Waals surface area contributed by atoms with Crippen LogP contribution in [0.25, 0.3) is 10.9 Å². The number of hydrogen-bond donors (Lipinski definition) is 5. The van der Waals surface area contributed by atoms with E-state index in [1.165, 1.54) is 24.5 Å². The molecule has 0 spiro atoms. The zero-order chi connectivity index (χ0) is 27.8. The van der Waals surface area contributed by atoms with Gasteiger partial charge in [0.2, 0.25) is 5.91 Å². The summed E-state index contributed by atoms with van der Waals surface area (Å²) in [6.45, 7) is 5.06. The van der Waals surface area contributed by atoms with Gasteiger partial charge in [-0.2, -0.15) is 5.10 Å². The van der Waals surface area contributed by atoms with E-state index in [4.69, 9.17) is 9.47 Å². The van der Waals surface area contributed by atoms with Crippen LogP contribution in [0.15, 0.2) is 48.8 Å². The molecule has 2 aromatic carbocycles. The Hall–Kier alpha value is -4.29. The Balaban J connectivity index is 1.40. The van der Waals surface area contributed by atoms with Crippen molar-refractivity contribution in [3.05, 3.63) is 60.3 Å². The number of carbonyl (C=O) groups excluding carboxylic acids is 1. The number of fused-ring (bicyclic) bond motifs is 1. The minimum atomic E-state index is -0.427. The molecule has 5 N–H and O–H groups in total. The summed E-state index contributed by atoms with van der Waals surface area (Å²) < 4.78 is 24.8. The summed E-state index contributed by atoms with van der Waals surface area (Å²) in [5.41, 5.74) is 1.25. The minimum absolute atomic E-state index is 0.0251. The molecule has 0 saturated heterocycles. The average Bonchev–Trinajstić information content (AvgIpc) is 3.34. The molecule has 2 heterocycles. The molecule has 4 aromatic rings. The number of carbonyl (C=O) groups is 1. The third kappa shape index (κ3) is 7.62. The minimum Gasteiger partial charge on any atom is -0.493 e. The van der Waals surface area contributed by atoms with Gasteiger partial charge in [0.05, 0.1) is 32.3 Å². The number of rotatable bonds is 13. The monoisotopic (exact) mass is 537 g/mol. The number of aromatic nitrogens is 4. The van der Waals surface area contributed by atoms with E-state index in [0.717, 1.165) is 6.42 Å². The summed E-state index contributed by atoms with van der Waals surface area (Å²) in [5, 5.41) is 26.2. The molecule has 0 atom stereocenters. The third-order valence-corrected chi connectivity index (χ3v) is 5.84. The highest BCUT2D eigenvalue weighted by atomic mass is 19.1. The number of hydrogen-bond acceptors (Lipinski definition) is 9. The second-order valence-electron chi connectivity index (χ2n) is 9.55. The second-order valence-corrected chi connectivity index (χ2v) is 9.55. The maximum Gasteiger partial charge on any atom is 0.230 e. The van der Waals surface area contributed by atoms with Gasteiger partial charge >= 0.3 is 0 Å². The van der Waals surface area contributed by atoms with E-state index < -0.39 is 5.82 Å². The largest absolute Gasteiger partial charge is 0.493 e. The molecular weight excluding hydrogens is 505 g/mol. The molecule has 12 heteroatoms. The van der Waals surface area contributed by atoms with Crippen LogP contribution >= 0.6 is 0 Å². The van der Waals surface area contributed by atoms with Crippen molar-refractivity contribution in [1.29, 1.82) is 0 Å². The van der Waals surface area contributed by atoms with Crippen LogP contribution in [0.4, 0.5) is 21.7 Å². The number of ether oxygens (including phenoxy) is 2. The van der Waals surface area contributed by atoms with Crippen molar-refractivity contribution >= 4 is 34.1 Å². The van der Waals surface area contributed by atoms with Gasteiger partial charge in [-0.05, 0) is 51.1 Å². The Morgan fingerprint density at radius 1 is 1.15 bits per heavy atom. The molecule has 0 fully saturated rings. The van der Waals surface area contributed by atoms with Gasteiger partial charge in [-0.25, -0.2) is 14.4 Å². The number of anilines is 3. The van der Waals surface area contributed by atoms with E-state index in [1.54, 1.807) is 31.4 Å². The first-order chi connectivity index (χ1) is 18.8. The Labute approximate surface area is 225 Å². The van der Waals surface area contributed by atoms with Gasteiger partial charge in [-0.1, -0.05) is 6.07 Å². The number of nitrogens with one attached hydrogen (secondary N) is 4. The maximum atomic E-state index is 13.4. The van der Waals surface area contributed by atoms with Crippen molar-refractivity contribution in [1.82, 2.24) is 25.5 Å². The van der Waals surface area contributed by atoms with E-state index >= 15 is 0 Å². The van der Waals surface area contributed by atoms with Gasteiger partial charge in [0.15, 0.2) is 17.3 Å². The molecule has 206 valence electrons. The number of nitrogens with zero attached hydrogens (tertiary/aromatic N) is 3. The average molecular weight is 538 g/mol. The predicted molar refractivity (Wildman–Crippen MR) is 146 cm³/mol. The SMILES string of the molecule is COc1cc2c(Nc3cc(CC(=O)Nc4cccc(F)c4)[nH]n3)ncnc2cc1OCCCNC(C)(C)CO. The molecule has 0 bridgehead atoms. The van der Waals surface area contributed by atoms with Gasteiger partial charge in [0.1, 0.15) is 18.0 Å². The number of benzene rings is 2. The lowest BCUT2D eigenvalue weighted by molar-refractivity contribution is -0.115. The van der Waals surface area contributed by atoms with Crippen molar-refractivity contribution in [2.45, 2.75) is 32.2 Å². The van der Waals surface area contributed by atoms with Crippen LogP contribution in [0.2, 0.25) is 0 Å². The molecule has 1 amide bonds. The van der Waals surface area contributed by atoms with Crippen molar-refractivity contribution < 1.29 is 23.8 Å². The smallest absolute Gasteiger partial charge is 0.230 e. The van der Waals surface area contributed by atoms with Crippen molar-refractivity contribution in [3.8, 4) is 11.5 Å². The molecule has 39 heavy (non-hydrogen) atoms. The van der Waals surface area contributed by atoms with E-state index in [2.05, 4.69) is 36.1 Å². The molecule has 0 saturated carbocycles. The van der Waals surface area contributed by atoms with Crippen molar-refractivity contribution in [3.63, 3.8) is 0 Å². The van der Waals surface area contributed by atoms with E-state index in [0.29, 0.717) is 58.6 Å². The molecule has 0 aliphatic rings. The molecule has 0 unspecified atom stereocenters. The summed E-state index contributed by atoms with van der Waals surface area (Å²) in [7, 11) is 1.56. The van der Waals surface area contributed by atoms with Crippen LogP contribution in [0.3, 0.4) is 0 Å². The molecule has 11 nitrogen and oxygen atoms in total. The first kappa shape index (κ1) is 27.7. The first-order valence-electron chi connectivity index (χ1n) is 12.4.